The molecule has 0 aromatic rings. The highest BCUT2D eigenvalue weighted by molar-refractivity contribution is 5.67. The molecule has 2 aliphatic carbocycles. The molecule has 0 spiro atoms. The highest BCUT2D eigenvalue weighted by atomic mass is 16.6. The zero-order valence-electron chi connectivity index (χ0n) is 15.5. The Hall–Kier alpha value is -0.770. The second-order valence-corrected chi connectivity index (χ2v) is 8.69. The number of amides is 1. The highest BCUT2D eigenvalue weighted by Crippen LogP contribution is 2.34. The third-order valence-corrected chi connectivity index (χ3v) is 5.62. The van der Waals surface area contributed by atoms with E-state index in [0.717, 1.165) is 18.9 Å². The van der Waals surface area contributed by atoms with Crippen LogP contribution in [0.5, 0.6) is 0 Å². The summed E-state index contributed by atoms with van der Waals surface area (Å²) >= 11 is 0. The van der Waals surface area contributed by atoms with Gasteiger partial charge in [0.15, 0.2) is 0 Å². The first-order chi connectivity index (χ1) is 10.8. The van der Waals surface area contributed by atoms with Crippen LogP contribution < -0.4 is 10.6 Å². The molecule has 2 saturated carbocycles. The summed E-state index contributed by atoms with van der Waals surface area (Å²) < 4.78 is 5.41. The fourth-order valence-corrected chi connectivity index (χ4v) is 4.11. The first-order valence-corrected chi connectivity index (χ1v) is 9.53. The number of carbonyl (C=O) groups is 1. The van der Waals surface area contributed by atoms with Crippen molar-refractivity contribution in [1.29, 1.82) is 0 Å². The van der Waals surface area contributed by atoms with Crippen LogP contribution in [0.4, 0.5) is 4.79 Å². The van der Waals surface area contributed by atoms with E-state index in [-0.39, 0.29) is 11.6 Å². The Balaban J connectivity index is 1.91. The van der Waals surface area contributed by atoms with E-state index < -0.39 is 5.60 Å². The van der Waals surface area contributed by atoms with E-state index >= 15 is 0 Å². The summed E-state index contributed by atoms with van der Waals surface area (Å²) in [6.45, 7) is 9.82. The largest absolute Gasteiger partial charge is 0.444 e. The molecule has 2 N–H and O–H groups in total. The molecule has 0 saturated heterocycles. The summed E-state index contributed by atoms with van der Waals surface area (Å²) in [7, 11) is 0. The van der Waals surface area contributed by atoms with Crippen LogP contribution in [-0.4, -0.2) is 30.3 Å². The van der Waals surface area contributed by atoms with Crippen molar-refractivity contribution in [2.45, 2.75) is 90.2 Å². The first kappa shape index (κ1) is 18.6. The van der Waals surface area contributed by atoms with Crippen molar-refractivity contribution in [3.63, 3.8) is 0 Å². The molecule has 2 rings (SSSR count). The molecule has 0 aromatic carbocycles. The van der Waals surface area contributed by atoms with E-state index in [2.05, 4.69) is 17.6 Å². The molecule has 4 heteroatoms. The van der Waals surface area contributed by atoms with Crippen molar-refractivity contribution >= 4 is 6.09 Å². The number of rotatable bonds is 5. The van der Waals surface area contributed by atoms with Crippen LogP contribution in [0.2, 0.25) is 0 Å². The van der Waals surface area contributed by atoms with Crippen LogP contribution in [0.1, 0.15) is 79.1 Å². The summed E-state index contributed by atoms with van der Waals surface area (Å²) in [5, 5.41) is 6.91. The Labute approximate surface area is 142 Å². The van der Waals surface area contributed by atoms with Crippen LogP contribution in [0.15, 0.2) is 0 Å². The Kier molecular flexibility index (Phi) is 6.35. The van der Waals surface area contributed by atoms with Gasteiger partial charge in [0.05, 0.1) is 0 Å². The number of hydrogen-bond acceptors (Lipinski definition) is 3. The number of carbonyl (C=O) groups excluding carboxylic acids is 1. The quantitative estimate of drug-likeness (QED) is 0.795. The molecule has 2 fully saturated rings. The molecule has 23 heavy (non-hydrogen) atoms. The molecule has 0 aromatic heterocycles. The molecule has 0 bridgehead atoms. The van der Waals surface area contributed by atoms with E-state index in [0.29, 0.717) is 12.5 Å². The average Bonchev–Trinajstić information content (AvgIpc) is 2.97. The molecule has 1 amide bonds. The van der Waals surface area contributed by atoms with Crippen LogP contribution in [0.25, 0.3) is 0 Å². The summed E-state index contributed by atoms with van der Waals surface area (Å²) in [5.74, 6) is 1.41. The Morgan fingerprint density at radius 2 is 1.78 bits per heavy atom. The van der Waals surface area contributed by atoms with Crippen LogP contribution >= 0.6 is 0 Å². The van der Waals surface area contributed by atoms with Gasteiger partial charge in [0.1, 0.15) is 5.60 Å². The molecule has 0 radical (unpaired) electrons. The van der Waals surface area contributed by atoms with E-state index in [4.69, 9.17) is 4.74 Å². The smallest absolute Gasteiger partial charge is 0.407 e. The number of alkyl carbamates (subject to hydrolysis) is 1. The third-order valence-electron chi connectivity index (χ3n) is 5.62. The molecule has 2 aliphatic rings. The van der Waals surface area contributed by atoms with Crippen molar-refractivity contribution < 1.29 is 9.53 Å². The fourth-order valence-electron chi connectivity index (χ4n) is 4.11. The Morgan fingerprint density at radius 1 is 1.13 bits per heavy atom. The molecule has 2 unspecified atom stereocenters. The summed E-state index contributed by atoms with van der Waals surface area (Å²) in [6, 6.07) is 0. The Morgan fingerprint density at radius 3 is 2.39 bits per heavy atom. The Bertz CT molecular complexity index is 385. The summed E-state index contributed by atoms with van der Waals surface area (Å²) in [4.78, 5) is 12.0. The molecule has 4 nitrogen and oxygen atoms in total. The number of ether oxygens (including phenoxy) is 1. The van der Waals surface area contributed by atoms with E-state index in [1.54, 1.807) is 0 Å². The molecule has 0 heterocycles. The lowest BCUT2D eigenvalue weighted by molar-refractivity contribution is 0.0478. The lowest BCUT2D eigenvalue weighted by atomic mass is 9.73. The maximum absolute atomic E-state index is 12.0. The van der Waals surface area contributed by atoms with Crippen LogP contribution in [0, 0.1) is 11.8 Å². The topological polar surface area (TPSA) is 50.4 Å². The minimum absolute atomic E-state index is 0.0394. The van der Waals surface area contributed by atoms with Gasteiger partial charge in [0.25, 0.3) is 0 Å². The molecular weight excluding hydrogens is 288 g/mol. The van der Waals surface area contributed by atoms with Crippen LogP contribution in [-0.2, 0) is 4.74 Å². The van der Waals surface area contributed by atoms with Gasteiger partial charge in [-0.05, 0) is 64.8 Å². The van der Waals surface area contributed by atoms with Crippen molar-refractivity contribution in [3.8, 4) is 0 Å². The third kappa shape index (κ3) is 5.66. The standard InChI is InChI=1S/C19H36N2O2/c1-15-9-7-8-12-19(15,21-13-16-10-5-6-11-16)14-20-17(22)23-18(2,3)4/h15-16,21H,5-14H2,1-4H3,(H,20,22). The summed E-state index contributed by atoms with van der Waals surface area (Å²) in [5.41, 5.74) is -0.398. The van der Waals surface area contributed by atoms with Crippen molar-refractivity contribution in [1.82, 2.24) is 10.6 Å². The van der Waals surface area contributed by atoms with Crippen molar-refractivity contribution in [2.24, 2.45) is 11.8 Å². The van der Waals surface area contributed by atoms with Crippen LogP contribution in [0.3, 0.4) is 0 Å². The molecule has 2 atom stereocenters. The van der Waals surface area contributed by atoms with Gasteiger partial charge in [-0.1, -0.05) is 32.6 Å². The number of hydrogen-bond donors (Lipinski definition) is 2. The maximum Gasteiger partial charge on any atom is 0.407 e. The van der Waals surface area contributed by atoms with Gasteiger partial charge in [-0.2, -0.15) is 0 Å². The monoisotopic (exact) mass is 324 g/mol. The lowest BCUT2D eigenvalue weighted by Gasteiger charge is -2.44. The normalized spacial score (nSPS) is 29.5. The van der Waals surface area contributed by atoms with Gasteiger partial charge in [0, 0.05) is 12.1 Å². The van der Waals surface area contributed by atoms with E-state index in [9.17, 15) is 4.79 Å². The molecular formula is C19H36N2O2. The van der Waals surface area contributed by atoms with E-state index in [1.807, 2.05) is 20.8 Å². The summed E-state index contributed by atoms with van der Waals surface area (Å²) in [6.07, 6.45) is 10.1. The van der Waals surface area contributed by atoms with Gasteiger partial charge in [0.2, 0.25) is 0 Å². The zero-order chi connectivity index (χ0) is 16.9. The van der Waals surface area contributed by atoms with Crippen molar-refractivity contribution in [2.75, 3.05) is 13.1 Å². The van der Waals surface area contributed by atoms with Gasteiger partial charge < -0.3 is 15.4 Å². The second kappa shape index (κ2) is 7.87. The average molecular weight is 325 g/mol. The fraction of sp³-hybridized carbons (Fsp3) is 0.947. The maximum atomic E-state index is 12.0. The predicted octanol–water partition coefficient (Wildman–Crippen LogP) is 4.24. The predicted molar refractivity (Wildman–Crippen MR) is 94.6 cm³/mol. The highest BCUT2D eigenvalue weighted by Gasteiger charge is 2.39. The first-order valence-electron chi connectivity index (χ1n) is 9.53. The van der Waals surface area contributed by atoms with E-state index in [1.165, 1.54) is 44.9 Å². The second-order valence-electron chi connectivity index (χ2n) is 8.69. The van der Waals surface area contributed by atoms with Gasteiger partial charge in [-0.15, -0.1) is 0 Å². The minimum atomic E-state index is -0.438. The lowest BCUT2D eigenvalue weighted by Crippen LogP contribution is -2.60. The van der Waals surface area contributed by atoms with Crippen molar-refractivity contribution in [3.05, 3.63) is 0 Å². The SMILES string of the molecule is CC1CCCCC1(CNC(=O)OC(C)(C)C)NCC1CCCC1. The minimum Gasteiger partial charge on any atom is -0.444 e. The zero-order valence-corrected chi connectivity index (χ0v) is 15.5. The van der Waals surface area contributed by atoms with Gasteiger partial charge in [-0.25, -0.2) is 4.79 Å². The van der Waals surface area contributed by atoms with Gasteiger partial charge in [-0.3, -0.25) is 0 Å². The van der Waals surface area contributed by atoms with Gasteiger partial charge >= 0.3 is 6.09 Å². The number of nitrogens with one attached hydrogen (secondary N) is 2. The molecule has 134 valence electrons. The molecule has 0 aliphatic heterocycles.